The first-order chi connectivity index (χ1) is 8.79. The number of hydrogen-bond donors (Lipinski definition) is 1. The Kier molecular flexibility index (Phi) is 5.29. The number of halogens is 1. The predicted molar refractivity (Wildman–Crippen MR) is 73.6 cm³/mol. The Morgan fingerprint density at radius 1 is 1.33 bits per heavy atom. The van der Waals surface area contributed by atoms with Gasteiger partial charge in [0, 0.05) is 12.6 Å². The van der Waals surface area contributed by atoms with Gasteiger partial charge in [0.05, 0.1) is 25.3 Å². The van der Waals surface area contributed by atoms with E-state index in [2.05, 4.69) is 5.32 Å². The summed E-state index contributed by atoms with van der Waals surface area (Å²) in [5, 5.41) is 4.07. The summed E-state index contributed by atoms with van der Waals surface area (Å²) in [7, 11) is 1.62. The Hall–Kier alpha value is -0.770. The van der Waals surface area contributed by atoms with Crippen LogP contribution in [0.1, 0.15) is 18.4 Å². The Morgan fingerprint density at radius 3 is 2.83 bits per heavy atom. The van der Waals surface area contributed by atoms with Gasteiger partial charge < -0.3 is 14.8 Å². The molecule has 1 fully saturated rings. The van der Waals surface area contributed by atoms with Crippen molar-refractivity contribution in [2.75, 3.05) is 26.9 Å². The highest BCUT2D eigenvalue weighted by Gasteiger charge is 2.19. The molecule has 1 aliphatic carbocycles. The van der Waals surface area contributed by atoms with E-state index in [0.29, 0.717) is 5.02 Å². The molecule has 0 unspecified atom stereocenters. The third-order valence-electron chi connectivity index (χ3n) is 3.01. The van der Waals surface area contributed by atoms with Gasteiger partial charge in [0.1, 0.15) is 5.75 Å². The maximum Gasteiger partial charge on any atom is 0.137 e. The van der Waals surface area contributed by atoms with E-state index in [-0.39, 0.29) is 0 Å². The number of hydrogen-bond acceptors (Lipinski definition) is 3. The van der Waals surface area contributed by atoms with E-state index < -0.39 is 0 Å². The van der Waals surface area contributed by atoms with E-state index in [0.717, 1.165) is 38.0 Å². The minimum absolute atomic E-state index is 0.658. The molecule has 100 valence electrons. The van der Waals surface area contributed by atoms with E-state index >= 15 is 0 Å². The molecule has 0 spiro atoms. The zero-order chi connectivity index (χ0) is 12.8. The van der Waals surface area contributed by atoms with Gasteiger partial charge in [-0.25, -0.2) is 0 Å². The van der Waals surface area contributed by atoms with Crippen molar-refractivity contribution in [3.05, 3.63) is 28.8 Å². The van der Waals surface area contributed by atoms with Crippen molar-refractivity contribution in [3.63, 3.8) is 0 Å². The minimum atomic E-state index is 0.658. The molecule has 1 aromatic rings. The van der Waals surface area contributed by atoms with Crippen LogP contribution in [0.15, 0.2) is 18.2 Å². The Morgan fingerprint density at radius 2 is 2.17 bits per heavy atom. The third-order valence-corrected chi connectivity index (χ3v) is 3.30. The van der Waals surface area contributed by atoms with Gasteiger partial charge >= 0.3 is 0 Å². The number of methoxy groups -OCH3 is 1. The van der Waals surface area contributed by atoms with Crippen LogP contribution in [-0.4, -0.2) is 32.9 Å². The Balaban J connectivity index is 1.61. The van der Waals surface area contributed by atoms with Crippen LogP contribution in [-0.2, 0) is 11.2 Å². The van der Waals surface area contributed by atoms with Crippen molar-refractivity contribution in [1.29, 1.82) is 0 Å². The molecule has 2 rings (SSSR count). The maximum absolute atomic E-state index is 6.06. The van der Waals surface area contributed by atoms with E-state index in [9.17, 15) is 0 Å². The quantitative estimate of drug-likeness (QED) is 0.736. The SMILES string of the molecule is COc1ccc(CCOCCNC2CC2)cc1Cl. The van der Waals surface area contributed by atoms with Crippen LogP contribution < -0.4 is 10.1 Å². The van der Waals surface area contributed by atoms with E-state index in [1.807, 2.05) is 18.2 Å². The van der Waals surface area contributed by atoms with Gasteiger partial charge in [0.2, 0.25) is 0 Å². The standard InChI is InChI=1S/C14H20ClNO2/c1-17-14-5-2-11(10-13(14)15)6-8-18-9-7-16-12-3-4-12/h2,5,10,12,16H,3-4,6-9H2,1H3. The fourth-order valence-electron chi connectivity index (χ4n) is 1.78. The lowest BCUT2D eigenvalue weighted by Gasteiger charge is -2.07. The second kappa shape index (κ2) is 6.98. The molecule has 4 heteroatoms. The second-order valence-corrected chi connectivity index (χ2v) is 4.97. The minimum Gasteiger partial charge on any atom is -0.495 e. The summed E-state index contributed by atoms with van der Waals surface area (Å²) in [5.41, 5.74) is 1.18. The third kappa shape index (κ3) is 4.48. The molecule has 3 nitrogen and oxygen atoms in total. The zero-order valence-corrected chi connectivity index (χ0v) is 11.5. The van der Waals surface area contributed by atoms with Crippen LogP contribution in [0, 0.1) is 0 Å². The average Bonchev–Trinajstić information content (AvgIpc) is 3.18. The Labute approximate surface area is 113 Å². The van der Waals surface area contributed by atoms with E-state index in [4.69, 9.17) is 21.1 Å². The van der Waals surface area contributed by atoms with E-state index in [1.54, 1.807) is 7.11 Å². The fraction of sp³-hybridized carbons (Fsp3) is 0.571. The number of ether oxygens (including phenoxy) is 2. The van der Waals surface area contributed by atoms with Crippen molar-refractivity contribution in [3.8, 4) is 5.75 Å². The molecule has 0 aliphatic heterocycles. The van der Waals surface area contributed by atoms with Crippen molar-refractivity contribution >= 4 is 11.6 Å². The molecular weight excluding hydrogens is 250 g/mol. The first-order valence-electron chi connectivity index (χ1n) is 6.43. The van der Waals surface area contributed by atoms with Crippen LogP contribution in [0.3, 0.4) is 0 Å². The van der Waals surface area contributed by atoms with Crippen LogP contribution in [0.2, 0.25) is 5.02 Å². The number of benzene rings is 1. The summed E-state index contributed by atoms with van der Waals surface area (Å²) in [6, 6.07) is 6.61. The summed E-state index contributed by atoms with van der Waals surface area (Å²) >= 11 is 6.06. The lowest BCUT2D eigenvalue weighted by Crippen LogP contribution is -2.22. The van der Waals surface area contributed by atoms with Crippen molar-refractivity contribution in [2.24, 2.45) is 0 Å². The van der Waals surface area contributed by atoms with Crippen molar-refractivity contribution in [1.82, 2.24) is 5.32 Å². The van der Waals surface area contributed by atoms with E-state index in [1.165, 1.54) is 18.4 Å². The van der Waals surface area contributed by atoms with Crippen LogP contribution in [0.25, 0.3) is 0 Å². The summed E-state index contributed by atoms with van der Waals surface area (Å²) in [4.78, 5) is 0. The van der Waals surface area contributed by atoms with Crippen LogP contribution >= 0.6 is 11.6 Å². The largest absolute Gasteiger partial charge is 0.495 e. The van der Waals surface area contributed by atoms with Gasteiger partial charge in [-0.2, -0.15) is 0 Å². The van der Waals surface area contributed by atoms with Crippen molar-refractivity contribution in [2.45, 2.75) is 25.3 Å². The smallest absolute Gasteiger partial charge is 0.137 e. The monoisotopic (exact) mass is 269 g/mol. The first kappa shape index (κ1) is 13.7. The van der Waals surface area contributed by atoms with Crippen LogP contribution in [0.4, 0.5) is 0 Å². The van der Waals surface area contributed by atoms with Gasteiger partial charge in [-0.15, -0.1) is 0 Å². The number of nitrogens with one attached hydrogen (secondary N) is 1. The second-order valence-electron chi connectivity index (χ2n) is 4.56. The topological polar surface area (TPSA) is 30.5 Å². The molecule has 0 heterocycles. The highest BCUT2D eigenvalue weighted by molar-refractivity contribution is 6.32. The fourth-order valence-corrected chi connectivity index (χ4v) is 2.06. The molecule has 0 saturated heterocycles. The highest BCUT2D eigenvalue weighted by Crippen LogP contribution is 2.25. The van der Waals surface area contributed by atoms with Gasteiger partial charge in [-0.05, 0) is 37.0 Å². The molecule has 0 radical (unpaired) electrons. The normalized spacial score (nSPS) is 14.8. The summed E-state index contributed by atoms with van der Waals surface area (Å²) in [5.74, 6) is 0.718. The van der Waals surface area contributed by atoms with Gasteiger partial charge in [0.25, 0.3) is 0 Å². The van der Waals surface area contributed by atoms with Gasteiger partial charge in [-0.1, -0.05) is 17.7 Å². The molecular formula is C14H20ClNO2. The lowest BCUT2D eigenvalue weighted by atomic mass is 10.1. The molecule has 0 aromatic heterocycles. The molecule has 18 heavy (non-hydrogen) atoms. The molecule has 1 N–H and O–H groups in total. The highest BCUT2D eigenvalue weighted by atomic mass is 35.5. The molecule has 0 amide bonds. The molecule has 1 aromatic carbocycles. The summed E-state index contributed by atoms with van der Waals surface area (Å²) < 4.78 is 10.7. The molecule has 1 saturated carbocycles. The summed E-state index contributed by atoms with van der Waals surface area (Å²) in [6.45, 7) is 2.46. The van der Waals surface area contributed by atoms with Crippen molar-refractivity contribution < 1.29 is 9.47 Å². The zero-order valence-electron chi connectivity index (χ0n) is 10.7. The Bertz CT molecular complexity index is 380. The molecule has 1 aliphatic rings. The van der Waals surface area contributed by atoms with Crippen LogP contribution in [0.5, 0.6) is 5.75 Å². The number of rotatable bonds is 8. The summed E-state index contributed by atoms with van der Waals surface area (Å²) in [6.07, 6.45) is 3.53. The van der Waals surface area contributed by atoms with Gasteiger partial charge in [-0.3, -0.25) is 0 Å². The molecule has 0 atom stereocenters. The predicted octanol–water partition coefficient (Wildman–Crippen LogP) is 2.66. The average molecular weight is 270 g/mol. The lowest BCUT2D eigenvalue weighted by molar-refractivity contribution is 0.138. The first-order valence-corrected chi connectivity index (χ1v) is 6.81. The maximum atomic E-state index is 6.06. The van der Waals surface area contributed by atoms with Gasteiger partial charge in [0.15, 0.2) is 0 Å². The molecule has 0 bridgehead atoms.